The van der Waals surface area contributed by atoms with Crippen LogP contribution < -0.4 is 4.74 Å². The van der Waals surface area contributed by atoms with Gasteiger partial charge < -0.3 is 4.74 Å². The Morgan fingerprint density at radius 1 is 1.17 bits per heavy atom. The Kier molecular flexibility index (Phi) is 5.03. The van der Waals surface area contributed by atoms with Crippen molar-refractivity contribution in [1.29, 1.82) is 0 Å². The largest absolute Gasteiger partial charge is 0.479 e. The Morgan fingerprint density at radius 2 is 1.87 bits per heavy atom. The fourth-order valence-electron chi connectivity index (χ4n) is 1.73. The molecule has 0 saturated carbocycles. The molecule has 23 heavy (non-hydrogen) atoms. The van der Waals surface area contributed by atoms with E-state index in [4.69, 9.17) is 34.4 Å². The summed E-state index contributed by atoms with van der Waals surface area (Å²) in [7, 11) is 0. The summed E-state index contributed by atoms with van der Waals surface area (Å²) in [6, 6.07) is 2.79. The molecule has 0 amide bonds. The Balaban J connectivity index is 2.52. The molecule has 0 saturated heterocycles. The monoisotopic (exact) mass is 363 g/mol. The number of terminal acetylenes is 1. The molecule has 1 aromatic heterocycles. The molecule has 0 atom stereocenters. The maximum atomic E-state index is 14.1. The molecule has 120 valence electrons. The molecule has 0 radical (unpaired) electrons. The predicted octanol–water partition coefficient (Wildman–Crippen LogP) is 5.23. The van der Waals surface area contributed by atoms with Gasteiger partial charge in [0.2, 0.25) is 0 Å². The first-order chi connectivity index (χ1) is 10.7. The fourth-order valence-corrected chi connectivity index (χ4v) is 2.20. The summed E-state index contributed by atoms with van der Waals surface area (Å²) in [5, 5.41) is -0.395. The summed E-state index contributed by atoms with van der Waals surface area (Å²) in [5.41, 5.74) is -1.36. The first-order valence-corrected chi connectivity index (χ1v) is 6.78. The van der Waals surface area contributed by atoms with E-state index in [0.29, 0.717) is 12.3 Å². The number of nitrogens with zero attached hydrogens (tertiary/aromatic N) is 1. The molecule has 0 spiro atoms. The molecule has 8 heteroatoms. The number of hydrogen-bond donors (Lipinski definition) is 0. The predicted molar refractivity (Wildman–Crippen MR) is 79.0 cm³/mol. The van der Waals surface area contributed by atoms with Crippen molar-refractivity contribution in [3.05, 3.63) is 45.8 Å². The summed E-state index contributed by atoms with van der Waals surface area (Å²) in [5.74, 6) is 1.47. The second-order valence-corrected chi connectivity index (χ2v) is 5.12. The summed E-state index contributed by atoms with van der Waals surface area (Å²) in [6.45, 7) is -0.112. The van der Waals surface area contributed by atoms with Gasteiger partial charge in [-0.15, -0.1) is 6.42 Å². The van der Waals surface area contributed by atoms with Crippen LogP contribution in [0.25, 0.3) is 11.3 Å². The fraction of sp³-hybridized carbons (Fsp3) is 0.133. The second kappa shape index (κ2) is 6.65. The summed E-state index contributed by atoms with van der Waals surface area (Å²) in [6.07, 6.45) is 1.02. The number of benzene rings is 1. The van der Waals surface area contributed by atoms with Crippen LogP contribution in [-0.2, 0) is 6.18 Å². The Bertz CT molecular complexity index is 784. The SMILES string of the molecule is C#CCOc1cc(-c2ncc(C(F)(F)F)cc2Cl)c(F)cc1Cl. The van der Waals surface area contributed by atoms with Crippen molar-refractivity contribution >= 4 is 23.2 Å². The second-order valence-electron chi connectivity index (χ2n) is 4.31. The third kappa shape index (κ3) is 3.87. The highest BCUT2D eigenvalue weighted by atomic mass is 35.5. The summed E-state index contributed by atoms with van der Waals surface area (Å²) in [4.78, 5) is 3.60. The zero-order valence-electron chi connectivity index (χ0n) is 11.2. The topological polar surface area (TPSA) is 22.1 Å². The molecule has 2 aromatic rings. The highest BCUT2D eigenvalue weighted by Crippen LogP contribution is 2.37. The molecule has 0 bridgehead atoms. The van der Waals surface area contributed by atoms with Crippen LogP contribution in [0, 0.1) is 18.2 Å². The number of halogens is 6. The molecule has 2 rings (SSSR count). The molecule has 0 aliphatic carbocycles. The molecule has 0 unspecified atom stereocenters. The van der Waals surface area contributed by atoms with Crippen molar-refractivity contribution in [3.63, 3.8) is 0 Å². The molecule has 1 heterocycles. The highest BCUT2D eigenvalue weighted by Gasteiger charge is 2.32. The number of hydrogen-bond acceptors (Lipinski definition) is 2. The average molecular weight is 364 g/mol. The number of aromatic nitrogens is 1. The zero-order chi connectivity index (χ0) is 17.2. The van der Waals surface area contributed by atoms with Crippen molar-refractivity contribution in [2.45, 2.75) is 6.18 Å². The third-order valence-corrected chi connectivity index (χ3v) is 3.34. The smallest absolute Gasteiger partial charge is 0.417 e. The van der Waals surface area contributed by atoms with E-state index >= 15 is 0 Å². The number of ether oxygens (including phenoxy) is 1. The van der Waals surface area contributed by atoms with Crippen LogP contribution in [0.5, 0.6) is 5.75 Å². The van der Waals surface area contributed by atoms with Crippen LogP contribution in [0.2, 0.25) is 10.0 Å². The van der Waals surface area contributed by atoms with E-state index in [-0.39, 0.29) is 33.7 Å². The molecule has 0 aliphatic heterocycles. The van der Waals surface area contributed by atoms with E-state index in [0.717, 1.165) is 6.07 Å². The lowest BCUT2D eigenvalue weighted by atomic mass is 10.1. The van der Waals surface area contributed by atoms with Crippen molar-refractivity contribution < 1.29 is 22.3 Å². The zero-order valence-corrected chi connectivity index (χ0v) is 12.7. The van der Waals surface area contributed by atoms with Gasteiger partial charge in [0.15, 0.2) is 0 Å². The molecule has 0 N–H and O–H groups in total. The Morgan fingerprint density at radius 3 is 2.43 bits per heavy atom. The number of alkyl halides is 3. The molecule has 0 fully saturated rings. The lowest BCUT2D eigenvalue weighted by molar-refractivity contribution is -0.137. The molecule has 1 aromatic carbocycles. The van der Waals surface area contributed by atoms with Crippen molar-refractivity contribution in [2.75, 3.05) is 6.61 Å². The van der Waals surface area contributed by atoms with Crippen LogP contribution in [-0.4, -0.2) is 11.6 Å². The molecular formula is C15H7Cl2F4NO. The summed E-state index contributed by atoms with van der Waals surface area (Å²) >= 11 is 11.6. The standard InChI is InChI=1S/C15H7Cl2F4NO/c1-2-3-23-13-5-9(12(18)6-10(13)16)14-11(17)4-8(7-22-14)15(19,20)21/h1,4-7H,3H2. The lowest BCUT2D eigenvalue weighted by Crippen LogP contribution is -2.06. The normalized spacial score (nSPS) is 11.2. The Hall–Kier alpha value is -1.97. The molecular weight excluding hydrogens is 357 g/mol. The van der Waals surface area contributed by atoms with Gasteiger partial charge in [-0.25, -0.2) is 4.39 Å². The number of rotatable bonds is 3. The average Bonchev–Trinajstić information content (AvgIpc) is 2.46. The van der Waals surface area contributed by atoms with Gasteiger partial charge in [0.05, 0.1) is 21.3 Å². The minimum atomic E-state index is -4.60. The van der Waals surface area contributed by atoms with Gasteiger partial charge in [-0.3, -0.25) is 4.98 Å². The molecule has 0 aliphatic rings. The van der Waals surface area contributed by atoms with Gasteiger partial charge in [-0.2, -0.15) is 13.2 Å². The third-order valence-electron chi connectivity index (χ3n) is 2.76. The minimum absolute atomic E-state index is 0.0375. The van der Waals surface area contributed by atoms with E-state index in [2.05, 4.69) is 10.9 Å². The number of pyridine rings is 1. The van der Waals surface area contributed by atoms with Gasteiger partial charge in [0.1, 0.15) is 18.2 Å². The highest BCUT2D eigenvalue weighted by molar-refractivity contribution is 6.33. The first-order valence-electron chi connectivity index (χ1n) is 6.02. The van der Waals surface area contributed by atoms with E-state index < -0.39 is 17.6 Å². The minimum Gasteiger partial charge on any atom is -0.479 e. The quantitative estimate of drug-likeness (QED) is 0.550. The van der Waals surface area contributed by atoms with Crippen LogP contribution in [0.4, 0.5) is 17.6 Å². The van der Waals surface area contributed by atoms with Gasteiger partial charge in [0.25, 0.3) is 0 Å². The van der Waals surface area contributed by atoms with Crippen LogP contribution >= 0.6 is 23.2 Å². The van der Waals surface area contributed by atoms with E-state index in [1.54, 1.807) is 0 Å². The van der Waals surface area contributed by atoms with Crippen LogP contribution in [0.3, 0.4) is 0 Å². The van der Waals surface area contributed by atoms with Crippen molar-refractivity contribution in [1.82, 2.24) is 4.98 Å². The van der Waals surface area contributed by atoms with Gasteiger partial charge in [-0.1, -0.05) is 29.1 Å². The van der Waals surface area contributed by atoms with Crippen molar-refractivity contribution in [3.8, 4) is 29.4 Å². The maximum Gasteiger partial charge on any atom is 0.417 e. The van der Waals surface area contributed by atoms with Crippen molar-refractivity contribution in [2.24, 2.45) is 0 Å². The summed E-state index contributed by atoms with van der Waals surface area (Å²) < 4.78 is 57.0. The van der Waals surface area contributed by atoms with E-state index in [1.807, 2.05) is 0 Å². The van der Waals surface area contributed by atoms with Gasteiger partial charge in [-0.05, 0) is 18.2 Å². The molecule has 2 nitrogen and oxygen atoms in total. The first kappa shape index (κ1) is 17.4. The van der Waals surface area contributed by atoms with Crippen LogP contribution in [0.15, 0.2) is 24.4 Å². The Labute approximate surface area is 139 Å². The lowest BCUT2D eigenvalue weighted by Gasteiger charge is -2.12. The van der Waals surface area contributed by atoms with Gasteiger partial charge >= 0.3 is 6.18 Å². The van der Waals surface area contributed by atoms with Gasteiger partial charge in [0, 0.05) is 11.8 Å². The van der Waals surface area contributed by atoms with E-state index in [9.17, 15) is 17.6 Å². The van der Waals surface area contributed by atoms with E-state index in [1.165, 1.54) is 6.07 Å². The maximum absolute atomic E-state index is 14.1. The van der Waals surface area contributed by atoms with Crippen LogP contribution in [0.1, 0.15) is 5.56 Å².